The number of ether oxygens (including phenoxy) is 1. The molecule has 0 saturated carbocycles. The van der Waals surface area contributed by atoms with Gasteiger partial charge in [-0.2, -0.15) is 0 Å². The Morgan fingerprint density at radius 2 is 2.19 bits per heavy atom. The van der Waals surface area contributed by atoms with Crippen molar-refractivity contribution in [3.8, 4) is 5.88 Å². The molecule has 0 aromatic carbocycles. The van der Waals surface area contributed by atoms with Gasteiger partial charge in [-0.05, 0) is 26.8 Å². The van der Waals surface area contributed by atoms with Crippen molar-refractivity contribution in [3.05, 3.63) is 29.8 Å². The second kappa shape index (κ2) is 6.25. The largest absolute Gasteiger partial charge is 0.478 e. The fraction of sp³-hybridized carbons (Fsp3) is 0.357. The molecule has 2 amide bonds. The van der Waals surface area contributed by atoms with E-state index in [-0.39, 0.29) is 6.03 Å². The number of carbonyl (C=O) groups is 1. The number of carbonyl (C=O) groups excluding carboxylic acids is 1. The molecule has 2 rings (SSSR count). The fourth-order valence-corrected chi connectivity index (χ4v) is 1.95. The molecule has 7 heteroatoms. The van der Waals surface area contributed by atoms with Crippen molar-refractivity contribution in [3.63, 3.8) is 0 Å². The molecule has 0 spiro atoms. The monoisotopic (exact) mass is 290 g/mol. The molecule has 21 heavy (non-hydrogen) atoms. The van der Waals surface area contributed by atoms with Crippen LogP contribution in [0.4, 0.5) is 16.2 Å². The fourth-order valence-electron chi connectivity index (χ4n) is 1.95. The lowest BCUT2D eigenvalue weighted by molar-refractivity contribution is 0.258. The minimum atomic E-state index is -0.296. The summed E-state index contributed by atoms with van der Waals surface area (Å²) in [5, 5.41) is 6.59. The second-order valence-electron chi connectivity index (χ2n) is 4.48. The number of hydrogen-bond donors (Lipinski definition) is 1. The van der Waals surface area contributed by atoms with Crippen LogP contribution >= 0.6 is 0 Å². The lowest BCUT2D eigenvalue weighted by Gasteiger charge is -2.17. The van der Waals surface area contributed by atoms with Gasteiger partial charge in [-0.3, -0.25) is 4.90 Å². The van der Waals surface area contributed by atoms with Crippen LogP contribution < -0.4 is 15.0 Å². The molecule has 1 N–H and O–H groups in total. The van der Waals surface area contributed by atoms with Crippen LogP contribution in [0, 0.1) is 13.8 Å². The topological polar surface area (TPSA) is 80.5 Å². The van der Waals surface area contributed by atoms with Crippen LogP contribution in [0.15, 0.2) is 22.9 Å². The van der Waals surface area contributed by atoms with Crippen molar-refractivity contribution in [2.45, 2.75) is 20.8 Å². The molecule has 0 saturated heterocycles. The van der Waals surface area contributed by atoms with E-state index in [0.717, 1.165) is 0 Å². The Balaban J connectivity index is 2.07. The quantitative estimate of drug-likeness (QED) is 0.936. The average molecular weight is 290 g/mol. The van der Waals surface area contributed by atoms with Gasteiger partial charge in [-0.1, -0.05) is 5.16 Å². The van der Waals surface area contributed by atoms with Crippen LogP contribution in [-0.2, 0) is 0 Å². The maximum absolute atomic E-state index is 12.2. The maximum Gasteiger partial charge on any atom is 0.326 e. The van der Waals surface area contributed by atoms with Crippen LogP contribution in [0.1, 0.15) is 18.4 Å². The zero-order valence-electron chi connectivity index (χ0n) is 12.5. The third kappa shape index (κ3) is 3.31. The molecule has 0 aliphatic carbocycles. The van der Waals surface area contributed by atoms with Crippen molar-refractivity contribution in [1.29, 1.82) is 0 Å². The minimum absolute atomic E-state index is 0.296. The van der Waals surface area contributed by atoms with E-state index in [2.05, 4.69) is 15.5 Å². The summed E-state index contributed by atoms with van der Waals surface area (Å²) >= 11 is 0. The van der Waals surface area contributed by atoms with E-state index in [4.69, 9.17) is 9.26 Å². The highest BCUT2D eigenvalue weighted by Crippen LogP contribution is 2.23. The molecule has 0 atom stereocenters. The van der Waals surface area contributed by atoms with Gasteiger partial charge in [0.15, 0.2) is 5.76 Å². The molecular weight excluding hydrogens is 272 g/mol. The van der Waals surface area contributed by atoms with Gasteiger partial charge in [-0.25, -0.2) is 9.78 Å². The Morgan fingerprint density at radius 1 is 1.43 bits per heavy atom. The number of nitrogens with one attached hydrogen (secondary N) is 1. The normalized spacial score (nSPS) is 10.3. The number of hydrogen-bond acceptors (Lipinski definition) is 5. The Labute approximate surface area is 122 Å². The first-order chi connectivity index (χ1) is 10.0. The van der Waals surface area contributed by atoms with Crippen LogP contribution in [0.3, 0.4) is 0 Å². The highest BCUT2D eigenvalue weighted by molar-refractivity contribution is 6.01. The molecule has 112 valence electrons. The molecule has 2 aromatic rings. The van der Waals surface area contributed by atoms with Crippen LogP contribution in [0.5, 0.6) is 5.88 Å². The average Bonchev–Trinajstić information content (AvgIpc) is 2.80. The van der Waals surface area contributed by atoms with Crippen molar-refractivity contribution in [1.82, 2.24) is 10.1 Å². The standard InChI is InChI=1S/C14H18N4O3/c1-5-20-12-7-6-11(8-15-12)16-14(19)18(4)13-9(2)17-21-10(13)3/h6-8H,5H2,1-4H3,(H,16,19). The highest BCUT2D eigenvalue weighted by atomic mass is 16.5. The minimum Gasteiger partial charge on any atom is -0.478 e. The third-order valence-electron chi connectivity index (χ3n) is 2.92. The van der Waals surface area contributed by atoms with Gasteiger partial charge >= 0.3 is 6.03 Å². The van der Waals surface area contributed by atoms with Gasteiger partial charge in [0.05, 0.1) is 18.5 Å². The lowest BCUT2D eigenvalue weighted by atomic mass is 10.3. The van der Waals surface area contributed by atoms with Crippen molar-refractivity contribution >= 4 is 17.4 Å². The van der Waals surface area contributed by atoms with E-state index in [1.54, 1.807) is 39.2 Å². The van der Waals surface area contributed by atoms with Crippen LogP contribution in [0.25, 0.3) is 0 Å². The molecule has 0 aliphatic rings. The molecule has 0 radical (unpaired) electrons. The van der Waals surface area contributed by atoms with Gasteiger partial charge in [0.25, 0.3) is 0 Å². The Morgan fingerprint density at radius 3 is 2.71 bits per heavy atom. The van der Waals surface area contributed by atoms with Gasteiger partial charge in [0, 0.05) is 13.1 Å². The van der Waals surface area contributed by atoms with Crippen LogP contribution in [0.2, 0.25) is 0 Å². The van der Waals surface area contributed by atoms with E-state index in [1.165, 1.54) is 4.90 Å². The smallest absolute Gasteiger partial charge is 0.326 e. The summed E-state index contributed by atoms with van der Waals surface area (Å²) in [6.45, 7) is 5.98. The Bertz CT molecular complexity index is 602. The number of nitrogens with zero attached hydrogens (tertiary/aromatic N) is 3. The lowest BCUT2D eigenvalue weighted by Crippen LogP contribution is -2.31. The summed E-state index contributed by atoms with van der Waals surface area (Å²) in [4.78, 5) is 17.8. The summed E-state index contributed by atoms with van der Waals surface area (Å²) in [6.07, 6.45) is 1.55. The summed E-state index contributed by atoms with van der Waals surface area (Å²) in [5.41, 5.74) is 1.91. The van der Waals surface area contributed by atoms with E-state index >= 15 is 0 Å². The maximum atomic E-state index is 12.2. The first-order valence-corrected chi connectivity index (χ1v) is 6.59. The number of rotatable bonds is 4. The van der Waals surface area contributed by atoms with Crippen LogP contribution in [-0.4, -0.2) is 29.8 Å². The van der Waals surface area contributed by atoms with Crippen molar-refractivity contribution in [2.75, 3.05) is 23.9 Å². The molecule has 0 unspecified atom stereocenters. The zero-order chi connectivity index (χ0) is 15.4. The van der Waals surface area contributed by atoms with E-state index in [1.807, 2.05) is 6.92 Å². The number of urea groups is 1. The van der Waals surface area contributed by atoms with E-state index in [9.17, 15) is 4.79 Å². The molecule has 2 aromatic heterocycles. The zero-order valence-corrected chi connectivity index (χ0v) is 12.5. The predicted octanol–water partition coefficient (Wildman–Crippen LogP) is 2.75. The van der Waals surface area contributed by atoms with Gasteiger partial charge in [-0.15, -0.1) is 0 Å². The molecule has 0 aliphatic heterocycles. The first-order valence-electron chi connectivity index (χ1n) is 6.59. The Kier molecular flexibility index (Phi) is 4.42. The number of aromatic nitrogens is 2. The number of aryl methyl sites for hydroxylation is 2. The number of amides is 2. The number of anilines is 2. The van der Waals surface area contributed by atoms with Gasteiger partial charge < -0.3 is 14.6 Å². The Hall–Kier alpha value is -2.57. The van der Waals surface area contributed by atoms with Gasteiger partial charge in [0.1, 0.15) is 11.4 Å². The van der Waals surface area contributed by atoms with Gasteiger partial charge in [0.2, 0.25) is 5.88 Å². The summed E-state index contributed by atoms with van der Waals surface area (Å²) in [6, 6.07) is 3.14. The summed E-state index contributed by atoms with van der Waals surface area (Å²) in [5.74, 6) is 1.12. The predicted molar refractivity (Wildman–Crippen MR) is 78.8 cm³/mol. The molecular formula is C14H18N4O3. The first kappa shape index (κ1) is 14.8. The van der Waals surface area contributed by atoms with E-state index < -0.39 is 0 Å². The molecule has 2 heterocycles. The summed E-state index contributed by atoms with van der Waals surface area (Å²) < 4.78 is 10.3. The van der Waals surface area contributed by atoms with Crippen molar-refractivity contribution in [2.24, 2.45) is 0 Å². The second-order valence-corrected chi connectivity index (χ2v) is 4.48. The molecule has 0 bridgehead atoms. The third-order valence-corrected chi connectivity index (χ3v) is 2.92. The number of pyridine rings is 1. The SMILES string of the molecule is CCOc1ccc(NC(=O)N(C)c2c(C)noc2C)cn1. The molecule has 0 fully saturated rings. The summed E-state index contributed by atoms with van der Waals surface area (Å²) in [7, 11) is 1.66. The molecule has 7 nitrogen and oxygen atoms in total. The van der Waals surface area contributed by atoms with E-state index in [0.29, 0.717) is 35.3 Å². The highest BCUT2D eigenvalue weighted by Gasteiger charge is 2.19. The van der Waals surface area contributed by atoms with Crippen molar-refractivity contribution < 1.29 is 14.1 Å².